The molecule has 0 bridgehead atoms. The van der Waals surface area contributed by atoms with Crippen LogP contribution in [0, 0.1) is 0 Å². The average Bonchev–Trinajstić information content (AvgIpc) is 2.17. The van der Waals surface area contributed by atoms with Crippen LogP contribution in [-0.2, 0) is 0 Å². The number of rotatable bonds is 5. The van der Waals surface area contributed by atoms with Gasteiger partial charge in [0.15, 0.2) is 0 Å². The zero-order valence-electron chi connectivity index (χ0n) is 8.51. The highest BCUT2D eigenvalue weighted by Gasteiger charge is 2.05. The van der Waals surface area contributed by atoms with Crippen LogP contribution in [0.2, 0.25) is 0 Å². The molecule has 0 atom stereocenters. The topological polar surface area (TPSA) is 67.2 Å². The molecule has 1 aromatic rings. The van der Waals surface area contributed by atoms with Crippen LogP contribution in [0.25, 0.3) is 0 Å². The Labute approximate surface area is 97.4 Å². The number of anilines is 1. The van der Waals surface area contributed by atoms with E-state index >= 15 is 0 Å². The summed E-state index contributed by atoms with van der Waals surface area (Å²) in [5.74, 6) is -0.427. The molecule has 0 fully saturated rings. The van der Waals surface area contributed by atoms with E-state index < -0.39 is 5.91 Å². The zero-order valence-corrected chi connectivity index (χ0v) is 10.1. The van der Waals surface area contributed by atoms with Crippen molar-refractivity contribution in [1.29, 1.82) is 0 Å². The minimum absolute atomic E-state index is 0.427. The second-order valence-electron chi connectivity index (χ2n) is 3.09. The first kappa shape index (κ1) is 12.0. The Hall–Kier alpha value is -1.07. The SMILES string of the molecule is CNCCNc1ccc(C(N)=O)c(Br)c1. The number of nitrogens with one attached hydrogen (secondary N) is 2. The molecule has 0 aliphatic carbocycles. The third-order valence-corrected chi connectivity index (χ3v) is 2.59. The van der Waals surface area contributed by atoms with Gasteiger partial charge in [0, 0.05) is 23.2 Å². The van der Waals surface area contributed by atoms with Gasteiger partial charge < -0.3 is 16.4 Å². The molecule has 82 valence electrons. The zero-order chi connectivity index (χ0) is 11.3. The van der Waals surface area contributed by atoms with Crippen LogP contribution in [0.4, 0.5) is 5.69 Å². The number of halogens is 1. The van der Waals surface area contributed by atoms with Crippen LogP contribution in [0.3, 0.4) is 0 Å². The van der Waals surface area contributed by atoms with Crippen molar-refractivity contribution in [1.82, 2.24) is 5.32 Å². The fourth-order valence-electron chi connectivity index (χ4n) is 1.16. The fourth-order valence-corrected chi connectivity index (χ4v) is 1.73. The highest BCUT2D eigenvalue weighted by molar-refractivity contribution is 9.10. The van der Waals surface area contributed by atoms with Gasteiger partial charge in [0.2, 0.25) is 5.91 Å². The number of carbonyl (C=O) groups excluding carboxylic acids is 1. The molecule has 0 spiro atoms. The van der Waals surface area contributed by atoms with Crippen LogP contribution >= 0.6 is 15.9 Å². The van der Waals surface area contributed by atoms with E-state index in [2.05, 4.69) is 26.6 Å². The Morgan fingerprint density at radius 1 is 1.47 bits per heavy atom. The highest BCUT2D eigenvalue weighted by atomic mass is 79.9. The molecule has 1 rings (SSSR count). The van der Waals surface area contributed by atoms with Gasteiger partial charge in [-0.3, -0.25) is 4.79 Å². The normalized spacial score (nSPS) is 10.0. The number of benzene rings is 1. The van der Waals surface area contributed by atoms with Crippen LogP contribution in [0.1, 0.15) is 10.4 Å². The maximum Gasteiger partial charge on any atom is 0.249 e. The Morgan fingerprint density at radius 2 is 2.20 bits per heavy atom. The fraction of sp³-hybridized carbons (Fsp3) is 0.300. The van der Waals surface area contributed by atoms with Crippen LogP contribution in [0.5, 0.6) is 0 Å². The van der Waals surface area contributed by atoms with E-state index in [1.807, 2.05) is 19.2 Å². The van der Waals surface area contributed by atoms with Gasteiger partial charge in [0.1, 0.15) is 0 Å². The molecule has 0 saturated carbocycles. The maximum atomic E-state index is 11.0. The number of carbonyl (C=O) groups is 1. The van der Waals surface area contributed by atoms with Gasteiger partial charge in [-0.15, -0.1) is 0 Å². The molecule has 0 aliphatic heterocycles. The standard InChI is InChI=1S/C10H14BrN3O/c1-13-4-5-14-7-2-3-8(10(12)15)9(11)6-7/h2-3,6,13-14H,4-5H2,1H3,(H2,12,15). The molecule has 1 amide bonds. The van der Waals surface area contributed by atoms with Gasteiger partial charge in [0.25, 0.3) is 0 Å². The largest absolute Gasteiger partial charge is 0.384 e. The summed E-state index contributed by atoms with van der Waals surface area (Å²) < 4.78 is 0.712. The summed E-state index contributed by atoms with van der Waals surface area (Å²) in [6.07, 6.45) is 0. The van der Waals surface area contributed by atoms with Crippen molar-refractivity contribution in [2.75, 3.05) is 25.5 Å². The molecule has 1 aromatic carbocycles. The first-order valence-corrected chi connectivity index (χ1v) is 5.42. The molecule has 15 heavy (non-hydrogen) atoms. The Morgan fingerprint density at radius 3 is 2.73 bits per heavy atom. The van der Waals surface area contributed by atoms with E-state index in [0.29, 0.717) is 10.0 Å². The lowest BCUT2D eigenvalue weighted by Gasteiger charge is -2.07. The van der Waals surface area contributed by atoms with Gasteiger partial charge in [-0.1, -0.05) is 0 Å². The first-order chi connectivity index (χ1) is 7.15. The van der Waals surface area contributed by atoms with E-state index in [4.69, 9.17) is 5.73 Å². The van der Waals surface area contributed by atoms with Crippen LogP contribution < -0.4 is 16.4 Å². The summed E-state index contributed by atoms with van der Waals surface area (Å²) in [4.78, 5) is 11.0. The minimum Gasteiger partial charge on any atom is -0.384 e. The summed E-state index contributed by atoms with van der Waals surface area (Å²) in [6, 6.07) is 5.38. The number of amides is 1. The third-order valence-electron chi connectivity index (χ3n) is 1.94. The predicted molar refractivity (Wildman–Crippen MR) is 65.1 cm³/mol. The number of primary amides is 1. The smallest absolute Gasteiger partial charge is 0.249 e. The Balaban J connectivity index is 2.69. The van der Waals surface area contributed by atoms with Crippen LogP contribution in [0.15, 0.2) is 22.7 Å². The summed E-state index contributed by atoms with van der Waals surface area (Å²) >= 11 is 3.30. The first-order valence-electron chi connectivity index (χ1n) is 4.63. The van der Waals surface area contributed by atoms with Gasteiger partial charge in [-0.05, 0) is 41.2 Å². The number of likely N-dealkylation sites (N-methyl/N-ethyl adjacent to an activating group) is 1. The van der Waals surface area contributed by atoms with Crippen molar-refractivity contribution in [3.63, 3.8) is 0 Å². The third kappa shape index (κ3) is 3.53. The summed E-state index contributed by atoms with van der Waals surface area (Å²) in [5, 5.41) is 6.24. The lowest BCUT2D eigenvalue weighted by Crippen LogP contribution is -2.18. The molecule has 0 unspecified atom stereocenters. The Bertz CT molecular complexity index is 355. The van der Waals surface area contributed by atoms with Gasteiger partial charge in [-0.25, -0.2) is 0 Å². The lowest BCUT2D eigenvalue weighted by atomic mass is 10.2. The number of hydrogen-bond acceptors (Lipinski definition) is 3. The molecule has 0 saturated heterocycles. The average molecular weight is 272 g/mol. The van der Waals surface area contributed by atoms with Crippen molar-refractivity contribution in [3.8, 4) is 0 Å². The molecule has 4 nitrogen and oxygen atoms in total. The quantitative estimate of drug-likeness (QED) is 0.705. The second kappa shape index (κ2) is 5.72. The molecular weight excluding hydrogens is 258 g/mol. The highest BCUT2D eigenvalue weighted by Crippen LogP contribution is 2.20. The molecule has 0 aliphatic rings. The van der Waals surface area contributed by atoms with E-state index in [1.165, 1.54) is 0 Å². The molecular formula is C10H14BrN3O. The van der Waals surface area contributed by atoms with E-state index in [0.717, 1.165) is 18.8 Å². The van der Waals surface area contributed by atoms with E-state index in [1.54, 1.807) is 6.07 Å². The van der Waals surface area contributed by atoms with Crippen molar-refractivity contribution >= 4 is 27.5 Å². The molecule has 0 aromatic heterocycles. The van der Waals surface area contributed by atoms with Gasteiger partial charge in [0.05, 0.1) is 5.56 Å². The minimum atomic E-state index is -0.427. The molecule has 5 heteroatoms. The Kier molecular flexibility index (Phi) is 4.58. The molecule has 0 heterocycles. The van der Waals surface area contributed by atoms with E-state index in [-0.39, 0.29) is 0 Å². The monoisotopic (exact) mass is 271 g/mol. The van der Waals surface area contributed by atoms with Gasteiger partial charge >= 0.3 is 0 Å². The van der Waals surface area contributed by atoms with Crippen molar-refractivity contribution in [2.24, 2.45) is 5.73 Å². The second-order valence-corrected chi connectivity index (χ2v) is 3.94. The predicted octanol–water partition coefficient (Wildman–Crippen LogP) is 1.18. The van der Waals surface area contributed by atoms with E-state index in [9.17, 15) is 4.79 Å². The number of hydrogen-bond donors (Lipinski definition) is 3. The molecule has 4 N–H and O–H groups in total. The van der Waals surface area contributed by atoms with Gasteiger partial charge in [-0.2, -0.15) is 0 Å². The summed E-state index contributed by atoms with van der Waals surface area (Å²) in [7, 11) is 1.90. The van der Waals surface area contributed by atoms with Crippen molar-refractivity contribution < 1.29 is 4.79 Å². The van der Waals surface area contributed by atoms with Crippen LogP contribution in [-0.4, -0.2) is 26.0 Å². The number of nitrogens with two attached hydrogens (primary N) is 1. The lowest BCUT2D eigenvalue weighted by molar-refractivity contribution is 0.0999. The van der Waals surface area contributed by atoms with Crippen molar-refractivity contribution in [3.05, 3.63) is 28.2 Å². The van der Waals surface area contributed by atoms with Crippen molar-refractivity contribution in [2.45, 2.75) is 0 Å². The summed E-state index contributed by atoms with van der Waals surface area (Å²) in [6.45, 7) is 1.72. The summed E-state index contributed by atoms with van der Waals surface area (Å²) in [5.41, 5.74) is 6.64. The molecule has 0 radical (unpaired) electrons. The maximum absolute atomic E-state index is 11.0.